The van der Waals surface area contributed by atoms with Gasteiger partial charge in [-0.05, 0) is 57.2 Å². The number of nitrogens with one attached hydrogen (secondary N) is 2. The summed E-state index contributed by atoms with van der Waals surface area (Å²) in [5.41, 5.74) is 1.81. The lowest BCUT2D eigenvalue weighted by Gasteiger charge is -2.15. The molecule has 0 saturated carbocycles. The van der Waals surface area contributed by atoms with Crippen LogP contribution in [0.5, 0.6) is 5.75 Å². The van der Waals surface area contributed by atoms with Crippen LogP contribution in [0.15, 0.2) is 48.5 Å². The molecule has 0 aliphatic heterocycles. The lowest BCUT2D eigenvalue weighted by molar-refractivity contribution is -0.114. The van der Waals surface area contributed by atoms with E-state index in [1.54, 1.807) is 31.2 Å². The molecule has 0 aliphatic carbocycles. The van der Waals surface area contributed by atoms with Crippen molar-refractivity contribution in [2.45, 2.75) is 26.9 Å². The van der Waals surface area contributed by atoms with E-state index in [0.29, 0.717) is 23.6 Å². The van der Waals surface area contributed by atoms with Crippen molar-refractivity contribution in [3.63, 3.8) is 0 Å². The summed E-state index contributed by atoms with van der Waals surface area (Å²) in [6, 6.07) is 14.0. The van der Waals surface area contributed by atoms with E-state index >= 15 is 0 Å². The summed E-state index contributed by atoms with van der Waals surface area (Å²) in [6.07, 6.45) is 0.0460. The fourth-order valence-corrected chi connectivity index (χ4v) is 2.25. The Kier molecular flexibility index (Phi) is 7.02. The van der Waals surface area contributed by atoms with Crippen molar-refractivity contribution in [2.24, 2.45) is 0 Å². The van der Waals surface area contributed by atoms with Gasteiger partial charge in [0.05, 0.1) is 30.5 Å². The zero-order chi connectivity index (χ0) is 18.9. The Balaban J connectivity index is 1.90. The van der Waals surface area contributed by atoms with Crippen LogP contribution in [0.1, 0.15) is 31.1 Å². The molecule has 0 fully saturated rings. The number of para-hydroxylation sites is 2. The molecule has 0 aliphatic rings. The fourth-order valence-electron chi connectivity index (χ4n) is 2.25. The average Bonchev–Trinajstić information content (AvgIpc) is 2.61. The molecule has 2 N–H and O–H groups in total. The number of ether oxygens (including phenoxy) is 2. The summed E-state index contributed by atoms with van der Waals surface area (Å²) >= 11 is 0. The third-order valence-electron chi connectivity index (χ3n) is 3.37. The first-order valence-electron chi connectivity index (χ1n) is 8.56. The van der Waals surface area contributed by atoms with Crippen LogP contribution in [0, 0.1) is 0 Å². The molecular weight excluding hydrogens is 332 g/mol. The number of rotatable bonds is 8. The fraction of sp³-hybridized carbons (Fsp3) is 0.300. The highest BCUT2D eigenvalue weighted by Crippen LogP contribution is 2.24. The van der Waals surface area contributed by atoms with Gasteiger partial charge in [0.15, 0.2) is 0 Å². The van der Waals surface area contributed by atoms with Crippen LogP contribution >= 0.6 is 0 Å². The smallest absolute Gasteiger partial charge is 0.338 e. The summed E-state index contributed by atoms with van der Waals surface area (Å²) < 4.78 is 10.6. The number of hydrogen-bond acceptors (Lipinski definition) is 5. The SMILES string of the molecule is CCOC(=O)c1ccc(NC(=O)CNc2ccccc2OC(C)C)cc1. The molecule has 0 radical (unpaired) electrons. The van der Waals surface area contributed by atoms with E-state index in [1.165, 1.54) is 0 Å². The van der Waals surface area contributed by atoms with E-state index in [-0.39, 0.29) is 24.5 Å². The van der Waals surface area contributed by atoms with E-state index in [2.05, 4.69) is 10.6 Å². The molecule has 6 nitrogen and oxygen atoms in total. The Bertz CT molecular complexity index is 742. The molecule has 0 atom stereocenters. The van der Waals surface area contributed by atoms with E-state index in [4.69, 9.17) is 9.47 Å². The molecule has 1 amide bonds. The van der Waals surface area contributed by atoms with Crippen LogP contribution in [0.4, 0.5) is 11.4 Å². The molecule has 138 valence electrons. The topological polar surface area (TPSA) is 76.7 Å². The number of esters is 1. The van der Waals surface area contributed by atoms with Gasteiger partial charge in [0.2, 0.25) is 5.91 Å². The first kappa shape index (κ1) is 19.3. The van der Waals surface area contributed by atoms with Gasteiger partial charge < -0.3 is 20.1 Å². The summed E-state index contributed by atoms with van der Waals surface area (Å²) in [6.45, 7) is 6.07. The summed E-state index contributed by atoms with van der Waals surface area (Å²) in [4.78, 5) is 23.7. The molecule has 2 rings (SSSR count). The summed E-state index contributed by atoms with van der Waals surface area (Å²) in [5.74, 6) is 0.121. The Hall–Kier alpha value is -3.02. The highest BCUT2D eigenvalue weighted by molar-refractivity contribution is 5.95. The van der Waals surface area contributed by atoms with Gasteiger partial charge in [-0.3, -0.25) is 4.79 Å². The van der Waals surface area contributed by atoms with Gasteiger partial charge in [0.1, 0.15) is 5.75 Å². The first-order chi connectivity index (χ1) is 12.5. The van der Waals surface area contributed by atoms with Crippen molar-refractivity contribution in [3.8, 4) is 5.75 Å². The molecule has 2 aromatic rings. The van der Waals surface area contributed by atoms with Gasteiger partial charge in [-0.2, -0.15) is 0 Å². The van der Waals surface area contributed by atoms with Crippen molar-refractivity contribution in [1.82, 2.24) is 0 Å². The van der Waals surface area contributed by atoms with Crippen LogP contribution < -0.4 is 15.4 Å². The zero-order valence-corrected chi connectivity index (χ0v) is 15.2. The Morgan fingerprint density at radius 1 is 1.04 bits per heavy atom. The van der Waals surface area contributed by atoms with Crippen LogP contribution in [0.3, 0.4) is 0 Å². The molecular formula is C20H24N2O4. The first-order valence-corrected chi connectivity index (χ1v) is 8.56. The maximum absolute atomic E-state index is 12.1. The second-order valence-corrected chi connectivity index (χ2v) is 5.86. The molecule has 0 saturated heterocycles. The third-order valence-corrected chi connectivity index (χ3v) is 3.37. The lowest BCUT2D eigenvalue weighted by atomic mass is 10.2. The maximum Gasteiger partial charge on any atom is 0.338 e. The van der Waals surface area contributed by atoms with Crippen molar-refractivity contribution < 1.29 is 19.1 Å². The Morgan fingerprint density at radius 2 is 1.73 bits per heavy atom. The van der Waals surface area contributed by atoms with Crippen molar-refractivity contribution in [1.29, 1.82) is 0 Å². The number of amides is 1. The molecule has 2 aromatic carbocycles. The molecule has 0 aromatic heterocycles. The Morgan fingerprint density at radius 3 is 2.38 bits per heavy atom. The number of carbonyl (C=O) groups is 2. The Labute approximate surface area is 153 Å². The molecule has 26 heavy (non-hydrogen) atoms. The minimum atomic E-state index is -0.381. The number of anilines is 2. The second-order valence-electron chi connectivity index (χ2n) is 5.86. The second kappa shape index (κ2) is 9.46. The van der Waals surface area contributed by atoms with Gasteiger partial charge in [-0.15, -0.1) is 0 Å². The molecule has 6 heteroatoms. The highest BCUT2D eigenvalue weighted by atomic mass is 16.5. The minimum absolute atomic E-state index is 0.0460. The minimum Gasteiger partial charge on any atom is -0.489 e. The molecule has 0 bridgehead atoms. The van der Waals surface area contributed by atoms with Crippen molar-refractivity contribution >= 4 is 23.3 Å². The number of benzene rings is 2. The largest absolute Gasteiger partial charge is 0.489 e. The number of hydrogen-bond donors (Lipinski definition) is 2. The van der Waals surface area contributed by atoms with Crippen molar-refractivity contribution in [2.75, 3.05) is 23.8 Å². The quantitative estimate of drug-likeness (QED) is 0.705. The van der Waals surface area contributed by atoms with E-state index in [9.17, 15) is 9.59 Å². The van der Waals surface area contributed by atoms with Gasteiger partial charge in [0, 0.05) is 5.69 Å². The van der Waals surface area contributed by atoms with Gasteiger partial charge in [0.25, 0.3) is 0 Å². The monoisotopic (exact) mass is 356 g/mol. The number of carbonyl (C=O) groups excluding carboxylic acids is 2. The van der Waals surface area contributed by atoms with Crippen LogP contribution in [-0.4, -0.2) is 31.1 Å². The van der Waals surface area contributed by atoms with Crippen LogP contribution in [0.2, 0.25) is 0 Å². The predicted octanol–water partition coefficient (Wildman–Crippen LogP) is 3.70. The van der Waals surface area contributed by atoms with Crippen LogP contribution in [-0.2, 0) is 9.53 Å². The standard InChI is InChI=1S/C20H24N2O4/c1-4-25-20(24)15-9-11-16(12-10-15)22-19(23)13-21-17-7-5-6-8-18(17)26-14(2)3/h5-12,14,21H,4,13H2,1-3H3,(H,22,23). The highest BCUT2D eigenvalue weighted by Gasteiger charge is 2.09. The molecule has 0 unspecified atom stereocenters. The predicted molar refractivity (Wildman–Crippen MR) is 102 cm³/mol. The summed E-state index contributed by atoms with van der Waals surface area (Å²) in [5, 5.41) is 5.85. The maximum atomic E-state index is 12.1. The van der Waals surface area contributed by atoms with E-state index in [0.717, 1.165) is 5.69 Å². The molecule has 0 spiro atoms. The average molecular weight is 356 g/mol. The molecule has 0 heterocycles. The van der Waals surface area contributed by atoms with Crippen molar-refractivity contribution in [3.05, 3.63) is 54.1 Å². The summed E-state index contributed by atoms with van der Waals surface area (Å²) in [7, 11) is 0. The zero-order valence-electron chi connectivity index (χ0n) is 15.2. The van der Waals surface area contributed by atoms with Gasteiger partial charge >= 0.3 is 5.97 Å². The third kappa shape index (κ3) is 5.81. The van der Waals surface area contributed by atoms with Gasteiger partial charge in [-0.1, -0.05) is 12.1 Å². The van der Waals surface area contributed by atoms with E-state index < -0.39 is 0 Å². The van der Waals surface area contributed by atoms with Crippen LogP contribution in [0.25, 0.3) is 0 Å². The lowest BCUT2D eigenvalue weighted by Crippen LogP contribution is -2.22. The normalized spacial score (nSPS) is 10.3. The van der Waals surface area contributed by atoms with E-state index in [1.807, 2.05) is 38.1 Å². The van der Waals surface area contributed by atoms with Gasteiger partial charge in [-0.25, -0.2) is 4.79 Å².